The average molecular weight is 108 g/mol. The summed E-state index contributed by atoms with van der Waals surface area (Å²) in [6.45, 7) is 5.92. The first-order valence-electron chi connectivity index (χ1n) is 2.42. The summed E-state index contributed by atoms with van der Waals surface area (Å²) in [7, 11) is 0. The van der Waals surface area contributed by atoms with Crippen molar-refractivity contribution in [1.82, 2.24) is 0 Å². The quantitative estimate of drug-likeness (QED) is 0.489. The average Bonchev–Trinajstić information content (AvgIpc) is 1.83. The number of rotatable bonds is 2. The second-order valence-corrected chi connectivity index (χ2v) is 1.18. The van der Waals surface area contributed by atoms with Gasteiger partial charge in [-0.25, -0.2) is 0 Å². The van der Waals surface area contributed by atoms with Gasteiger partial charge in [-0.1, -0.05) is 6.58 Å². The van der Waals surface area contributed by atoms with Crippen LogP contribution in [-0.2, 0) is 0 Å². The summed E-state index contributed by atoms with van der Waals surface area (Å²) in [6, 6.07) is 1.88. The molecule has 0 aromatic carbocycles. The van der Waals surface area contributed by atoms with E-state index in [1.807, 2.05) is 13.0 Å². The Hall–Kier alpha value is -1.10. The molecule has 0 N–H and O–H groups in total. The van der Waals surface area contributed by atoms with Crippen molar-refractivity contribution in [2.75, 3.05) is 6.54 Å². The molecule has 0 rings (SSSR count). The van der Waals surface area contributed by atoms with Crippen molar-refractivity contribution in [2.45, 2.75) is 6.92 Å². The van der Waals surface area contributed by atoms with Crippen LogP contribution in [0.4, 0.5) is 0 Å². The predicted octanol–water partition coefficient (Wildman–Crippen LogP) is 1.16. The fourth-order valence-corrected chi connectivity index (χ4v) is 0.316. The summed E-state index contributed by atoms with van der Waals surface area (Å²) < 4.78 is 0. The minimum absolute atomic E-state index is 0.410. The highest BCUT2D eigenvalue weighted by molar-refractivity contribution is 6.06. The highest BCUT2D eigenvalue weighted by Crippen LogP contribution is 1.76. The Labute approximate surface area is 49.2 Å². The molecule has 0 aliphatic carbocycles. The first-order chi connectivity index (χ1) is 3.85. The van der Waals surface area contributed by atoms with Gasteiger partial charge in [0.05, 0.1) is 0 Å². The molecule has 8 heavy (non-hydrogen) atoms. The number of hydrogen-bond acceptors (Lipinski definition) is 2. The summed E-state index contributed by atoms with van der Waals surface area (Å²) in [5, 5.41) is 8.21. The van der Waals surface area contributed by atoms with Gasteiger partial charge in [-0.05, 0) is 13.0 Å². The molecule has 2 nitrogen and oxygen atoms in total. The van der Waals surface area contributed by atoms with Crippen LogP contribution in [0.2, 0.25) is 0 Å². The summed E-state index contributed by atoms with van der Waals surface area (Å²) in [4.78, 5) is 3.80. The first kappa shape index (κ1) is 6.90. The highest BCUT2D eigenvalue weighted by atomic mass is 14.7. The largest absolute Gasteiger partial charge is 0.275 e. The molecule has 42 valence electrons. The number of aliphatic imine (C=N–C) groups is 1. The topological polar surface area (TPSA) is 36.1 Å². The standard InChI is InChI=1S/C6H8N2/c1-3-6(5-7)8-4-2/h3H,1,4H2,2H3. The lowest BCUT2D eigenvalue weighted by atomic mass is 10.4. The van der Waals surface area contributed by atoms with E-state index in [0.29, 0.717) is 12.3 Å². The van der Waals surface area contributed by atoms with Crippen LogP contribution >= 0.6 is 0 Å². The zero-order valence-corrected chi connectivity index (χ0v) is 4.89. The SMILES string of the molecule is C=CC(C#N)=NCC. The zero-order chi connectivity index (χ0) is 6.41. The van der Waals surface area contributed by atoms with Crippen molar-refractivity contribution < 1.29 is 0 Å². The van der Waals surface area contributed by atoms with Crippen LogP contribution in [0.15, 0.2) is 17.6 Å². The third kappa shape index (κ3) is 2.14. The Morgan fingerprint density at radius 3 is 2.75 bits per heavy atom. The van der Waals surface area contributed by atoms with Gasteiger partial charge in [0.25, 0.3) is 0 Å². The van der Waals surface area contributed by atoms with Crippen molar-refractivity contribution >= 4 is 5.71 Å². The molecule has 0 saturated carbocycles. The Morgan fingerprint density at radius 1 is 2.00 bits per heavy atom. The summed E-state index contributed by atoms with van der Waals surface area (Å²) in [6.07, 6.45) is 1.45. The van der Waals surface area contributed by atoms with Gasteiger partial charge in [-0.15, -0.1) is 0 Å². The summed E-state index contributed by atoms with van der Waals surface area (Å²) in [5.41, 5.74) is 0.410. The van der Waals surface area contributed by atoms with Gasteiger partial charge in [0, 0.05) is 6.54 Å². The number of allylic oxidation sites excluding steroid dienone is 1. The van der Waals surface area contributed by atoms with Crippen LogP contribution in [0.1, 0.15) is 6.92 Å². The minimum Gasteiger partial charge on any atom is -0.275 e. The number of nitrogens with zero attached hydrogens (tertiary/aromatic N) is 2. The first-order valence-corrected chi connectivity index (χ1v) is 2.42. The molecule has 0 aromatic rings. The van der Waals surface area contributed by atoms with Gasteiger partial charge in [-0.2, -0.15) is 5.26 Å². The molecule has 0 heterocycles. The highest BCUT2D eigenvalue weighted by Gasteiger charge is 1.82. The smallest absolute Gasteiger partial charge is 0.134 e. The molecule has 0 spiro atoms. The maximum absolute atomic E-state index is 8.21. The van der Waals surface area contributed by atoms with Crippen molar-refractivity contribution in [1.29, 1.82) is 5.26 Å². The lowest BCUT2D eigenvalue weighted by molar-refractivity contribution is 1.13. The summed E-state index contributed by atoms with van der Waals surface area (Å²) in [5.74, 6) is 0. The molecular weight excluding hydrogens is 100 g/mol. The Morgan fingerprint density at radius 2 is 2.62 bits per heavy atom. The third-order valence-electron chi connectivity index (χ3n) is 0.636. The van der Waals surface area contributed by atoms with E-state index in [1.54, 1.807) is 0 Å². The van der Waals surface area contributed by atoms with E-state index in [1.165, 1.54) is 6.08 Å². The van der Waals surface area contributed by atoms with Crippen LogP contribution in [0, 0.1) is 11.3 Å². The molecule has 2 heteroatoms. The van der Waals surface area contributed by atoms with E-state index in [4.69, 9.17) is 5.26 Å². The maximum atomic E-state index is 8.21. The lowest BCUT2D eigenvalue weighted by Crippen LogP contribution is -1.86. The second-order valence-electron chi connectivity index (χ2n) is 1.18. The Bertz CT molecular complexity index is 139. The van der Waals surface area contributed by atoms with Crippen LogP contribution in [-0.4, -0.2) is 12.3 Å². The molecule has 0 aliphatic heterocycles. The fraction of sp³-hybridized carbons (Fsp3) is 0.333. The zero-order valence-electron chi connectivity index (χ0n) is 4.89. The van der Waals surface area contributed by atoms with Crippen LogP contribution in [0.25, 0.3) is 0 Å². The van der Waals surface area contributed by atoms with E-state index in [2.05, 4.69) is 11.6 Å². The van der Waals surface area contributed by atoms with E-state index >= 15 is 0 Å². The fourth-order valence-electron chi connectivity index (χ4n) is 0.316. The minimum atomic E-state index is 0.410. The van der Waals surface area contributed by atoms with E-state index in [9.17, 15) is 0 Å². The molecule has 0 bridgehead atoms. The molecular formula is C6H8N2. The molecule has 0 unspecified atom stereocenters. The van der Waals surface area contributed by atoms with Crippen molar-refractivity contribution in [3.05, 3.63) is 12.7 Å². The summed E-state index contributed by atoms with van der Waals surface area (Å²) >= 11 is 0. The van der Waals surface area contributed by atoms with Crippen molar-refractivity contribution in [3.8, 4) is 6.07 Å². The molecule has 0 saturated heterocycles. The molecule has 0 atom stereocenters. The van der Waals surface area contributed by atoms with Crippen LogP contribution in [0.5, 0.6) is 0 Å². The van der Waals surface area contributed by atoms with Gasteiger partial charge in [0.2, 0.25) is 0 Å². The van der Waals surface area contributed by atoms with Gasteiger partial charge < -0.3 is 0 Å². The lowest BCUT2D eigenvalue weighted by Gasteiger charge is -1.80. The Balaban J connectivity index is 3.92. The van der Waals surface area contributed by atoms with E-state index in [0.717, 1.165) is 0 Å². The number of nitriles is 1. The molecule has 0 aliphatic rings. The molecule has 0 amide bonds. The van der Waals surface area contributed by atoms with Crippen LogP contribution < -0.4 is 0 Å². The normalized spacial score (nSPS) is 10.2. The Kier molecular flexibility index (Phi) is 3.51. The van der Waals surface area contributed by atoms with E-state index in [-0.39, 0.29) is 0 Å². The maximum Gasteiger partial charge on any atom is 0.134 e. The molecule has 0 radical (unpaired) electrons. The number of hydrogen-bond donors (Lipinski definition) is 0. The van der Waals surface area contributed by atoms with Gasteiger partial charge in [0.15, 0.2) is 0 Å². The van der Waals surface area contributed by atoms with Gasteiger partial charge >= 0.3 is 0 Å². The van der Waals surface area contributed by atoms with Crippen LogP contribution in [0.3, 0.4) is 0 Å². The van der Waals surface area contributed by atoms with Gasteiger partial charge in [0.1, 0.15) is 11.8 Å². The van der Waals surface area contributed by atoms with Gasteiger partial charge in [-0.3, -0.25) is 4.99 Å². The van der Waals surface area contributed by atoms with Crippen molar-refractivity contribution in [3.63, 3.8) is 0 Å². The third-order valence-corrected chi connectivity index (χ3v) is 0.636. The van der Waals surface area contributed by atoms with Crippen molar-refractivity contribution in [2.24, 2.45) is 4.99 Å². The molecule has 0 fully saturated rings. The molecule has 0 aromatic heterocycles. The predicted molar refractivity (Wildman–Crippen MR) is 33.8 cm³/mol. The monoisotopic (exact) mass is 108 g/mol. The van der Waals surface area contributed by atoms with E-state index < -0.39 is 0 Å². The second kappa shape index (κ2) is 4.07.